The molecule has 0 spiro atoms. The van der Waals surface area contributed by atoms with Crippen molar-refractivity contribution in [3.05, 3.63) is 44.9 Å². The highest BCUT2D eigenvalue weighted by Crippen LogP contribution is 2.34. The van der Waals surface area contributed by atoms with Crippen LogP contribution in [0.5, 0.6) is 0 Å². The average Bonchev–Trinajstić information content (AvgIpc) is 2.59. The molecule has 0 saturated carbocycles. The predicted molar refractivity (Wildman–Crippen MR) is 98.5 cm³/mol. The van der Waals surface area contributed by atoms with Gasteiger partial charge in [-0.2, -0.15) is 0 Å². The van der Waals surface area contributed by atoms with Gasteiger partial charge in [0.1, 0.15) is 5.65 Å². The minimum Gasteiger partial charge on any atom is -0.377 e. The molecule has 2 unspecified atom stereocenters. The van der Waals surface area contributed by atoms with Crippen LogP contribution in [-0.2, 0) is 4.74 Å². The number of hydrogen-bond acceptors (Lipinski definition) is 6. The number of ether oxygens (including phenoxy) is 1. The zero-order valence-corrected chi connectivity index (χ0v) is 15.3. The minimum atomic E-state index is -0.685. The van der Waals surface area contributed by atoms with Crippen molar-refractivity contribution in [3.8, 4) is 0 Å². The zero-order chi connectivity index (χ0) is 18.9. The van der Waals surface area contributed by atoms with Crippen LogP contribution in [-0.4, -0.2) is 33.6 Å². The molecule has 8 nitrogen and oxygen atoms in total. The summed E-state index contributed by atoms with van der Waals surface area (Å²) in [6.07, 6.45) is 3.44. The molecule has 26 heavy (non-hydrogen) atoms. The van der Waals surface area contributed by atoms with E-state index in [-0.39, 0.29) is 23.3 Å². The number of fused-ring (bicyclic) bond motifs is 1. The third-order valence-corrected chi connectivity index (χ3v) is 4.72. The third-order valence-electron chi connectivity index (χ3n) is 4.72. The lowest BCUT2D eigenvalue weighted by Crippen LogP contribution is -2.43. The summed E-state index contributed by atoms with van der Waals surface area (Å²) in [6.45, 7) is 7.57. The molecule has 3 heterocycles. The van der Waals surface area contributed by atoms with E-state index in [1.807, 2.05) is 0 Å². The molecule has 3 rings (SSSR count). The molecule has 8 heteroatoms. The largest absolute Gasteiger partial charge is 0.377 e. The maximum absolute atomic E-state index is 12.5. The van der Waals surface area contributed by atoms with Gasteiger partial charge in [-0.05, 0) is 30.4 Å². The van der Waals surface area contributed by atoms with Crippen molar-refractivity contribution >= 4 is 17.2 Å². The Morgan fingerprint density at radius 3 is 2.88 bits per heavy atom. The average molecular weight is 360 g/mol. The second-order valence-corrected chi connectivity index (χ2v) is 7.74. The van der Waals surface area contributed by atoms with E-state index in [0.717, 1.165) is 19.4 Å². The normalized spacial score (nSPS) is 20.9. The number of nitro groups is 1. The molecule has 1 saturated heterocycles. The highest BCUT2D eigenvalue weighted by Gasteiger charge is 2.35. The van der Waals surface area contributed by atoms with Crippen molar-refractivity contribution < 1.29 is 9.66 Å². The van der Waals surface area contributed by atoms with Crippen LogP contribution in [0.4, 0.5) is 11.5 Å². The molecule has 2 atom stereocenters. The van der Waals surface area contributed by atoms with E-state index in [2.05, 4.69) is 31.1 Å². The van der Waals surface area contributed by atoms with Crippen molar-refractivity contribution in [2.45, 2.75) is 39.7 Å². The summed E-state index contributed by atoms with van der Waals surface area (Å²) < 4.78 is 7.14. The molecule has 0 aliphatic carbocycles. The van der Waals surface area contributed by atoms with Gasteiger partial charge < -0.3 is 10.1 Å². The number of rotatable bonds is 4. The van der Waals surface area contributed by atoms with Gasteiger partial charge in [0.05, 0.1) is 11.0 Å². The van der Waals surface area contributed by atoms with Crippen LogP contribution in [0.25, 0.3) is 5.65 Å². The summed E-state index contributed by atoms with van der Waals surface area (Å²) in [6, 6.07) is 5.03. The van der Waals surface area contributed by atoms with Crippen molar-refractivity contribution in [2.75, 3.05) is 18.5 Å². The van der Waals surface area contributed by atoms with Crippen molar-refractivity contribution in [1.82, 2.24) is 9.38 Å². The Labute approximate surface area is 151 Å². The van der Waals surface area contributed by atoms with E-state index < -0.39 is 16.2 Å². The molecule has 0 bridgehead atoms. The molecular weight excluding hydrogens is 336 g/mol. The minimum absolute atomic E-state index is 0.0180. The Balaban J connectivity index is 1.92. The molecule has 0 amide bonds. The van der Waals surface area contributed by atoms with Gasteiger partial charge >= 0.3 is 11.2 Å². The summed E-state index contributed by atoms with van der Waals surface area (Å²) in [7, 11) is 0. The van der Waals surface area contributed by atoms with Gasteiger partial charge in [0, 0.05) is 25.3 Å². The third kappa shape index (κ3) is 3.55. The molecule has 1 N–H and O–H groups in total. The second-order valence-electron chi connectivity index (χ2n) is 7.74. The number of aromatic nitrogens is 2. The monoisotopic (exact) mass is 360 g/mol. The van der Waals surface area contributed by atoms with Crippen LogP contribution in [0.3, 0.4) is 0 Å². The topological polar surface area (TPSA) is 98.8 Å². The molecule has 0 aromatic carbocycles. The molecule has 2 aromatic rings. The van der Waals surface area contributed by atoms with Gasteiger partial charge in [-0.15, -0.1) is 0 Å². The first-order chi connectivity index (χ1) is 12.3. The van der Waals surface area contributed by atoms with Crippen LogP contribution in [0.2, 0.25) is 0 Å². The van der Waals surface area contributed by atoms with E-state index in [1.54, 1.807) is 18.2 Å². The van der Waals surface area contributed by atoms with Gasteiger partial charge in [-0.3, -0.25) is 19.3 Å². The summed E-state index contributed by atoms with van der Waals surface area (Å²) in [4.78, 5) is 27.6. The fourth-order valence-electron chi connectivity index (χ4n) is 3.60. The van der Waals surface area contributed by atoms with Crippen LogP contribution < -0.4 is 10.9 Å². The summed E-state index contributed by atoms with van der Waals surface area (Å²) in [5, 5.41) is 14.5. The quantitative estimate of drug-likeness (QED) is 0.665. The fourth-order valence-corrected chi connectivity index (χ4v) is 3.60. The SMILES string of the molecule is CC(C)(C)C1OCCCC1CNc1nc2ccccn2c(=O)c1[N+](=O)[O-]. The molecular formula is C18H24N4O4. The van der Waals surface area contributed by atoms with Crippen LogP contribution in [0, 0.1) is 21.4 Å². The Morgan fingerprint density at radius 1 is 1.42 bits per heavy atom. The van der Waals surface area contributed by atoms with E-state index in [9.17, 15) is 14.9 Å². The van der Waals surface area contributed by atoms with Crippen molar-refractivity contribution in [2.24, 2.45) is 11.3 Å². The predicted octanol–water partition coefficient (Wildman–Crippen LogP) is 2.86. The van der Waals surface area contributed by atoms with Crippen molar-refractivity contribution in [3.63, 3.8) is 0 Å². The lowest BCUT2D eigenvalue weighted by atomic mass is 9.78. The number of pyridine rings is 1. The Bertz CT molecular complexity index is 872. The van der Waals surface area contributed by atoms with E-state index in [4.69, 9.17) is 4.74 Å². The molecule has 140 valence electrons. The van der Waals surface area contributed by atoms with Gasteiger partial charge in [0.25, 0.3) is 0 Å². The number of nitrogens with one attached hydrogen (secondary N) is 1. The Kier molecular flexibility index (Phi) is 4.95. The first kappa shape index (κ1) is 18.3. The van der Waals surface area contributed by atoms with Gasteiger partial charge in [0.15, 0.2) is 0 Å². The smallest absolute Gasteiger partial charge is 0.376 e. The van der Waals surface area contributed by atoms with E-state index in [1.165, 1.54) is 10.6 Å². The maximum atomic E-state index is 12.5. The summed E-state index contributed by atoms with van der Waals surface area (Å²) in [5.41, 5.74) is -0.874. The molecule has 1 aliphatic rings. The first-order valence-electron chi connectivity index (χ1n) is 8.80. The van der Waals surface area contributed by atoms with Gasteiger partial charge in [-0.25, -0.2) is 4.98 Å². The zero-order valence-electron chi connectivity index (χ0n) is 15.3. The highest BCUT2D eigenvalue weighted by molar-refractivity contribution is 5.59. The first-order valence-corrected chi connectivity index (χ1v) is 8.80. The summed E-state index contributed by atoms with van der Waals surface area (Å²) >= 11 is 0. The van der Waals surface area contributed by atoms with Crippen LogP contribution in [0.15, 0.2) is 29.2 Å². The molecule has 0 radical (unpaired) electrons. The maximum Gasteiger partial charge on any atom is 0.376 e. The van der Waals surface area contributed by atoms with Crippen LogP contribution >= 0.6 is 0 Å². The van der Waals surface area contributed by atoms with Gasteiger partial charge in [-0.1, -0.05) is 26.8 Å². The molecule has 2 aromatic heterocycles. The van der Waals surface area contributed by atoms with Crippen LogP contribution in [0.1, 0.15) is 33.6 Å². The summed E-state index contributed by atoms with van der Waals surface area (Å²) in [5.74, 6) is 0.212. The van der Waals surface area contributed by atoms with E-state index in [0.29, 0.717) is 12.2 Å². The number of anilines is 1. The lowest BCUT2D eigenvalue weighted by molar-refractivity contribution is -0.385. The standard InChI is InChI=1S/C18H24N4O4/c1-18(2,3)15-12(7-6-10-26-15)11-19-16-14(22(24)25)17(23)21-9-5-4-8-13(21)20-16/h4-5,8-9,12,15,19H,6-7,10-11H2,1-3H3. The molecule has 1 fully saturated rings. The van der Waals surface area contributed by atoms with Crippen molar-refractivity contribution in [1.29, 1.82) is 0 Å². The van der Waals surface area contributed by atoms with E-state index >= 15 is 0 Å². The number of hydrogen-bond donors (Lipinski definition) is 1. The highest BCUT2D eigenvalue weighted by atomic mass is 16.6. The van der Waals surface area contributed by atoms with Gasteiger partial charge in [0.2, 0.25) is 5.82 Å². The fraction of sp³-hybridized carbons (Fsp3) is 0.556. The Hall–Kier alpha value is -2.48. The lowest BCUT2D eigenvalue weighted by Gasteiger charge is -2.40. The second kappa shape index (κ2) is 7.03. The number of nitrogens with zero attached hydrogens (tertiary/aromatic N) is 3. The Morgan fingerprint density at radius 2 is 2.19 bits per heavy atom. The molecule has 1 aliphatic heterocycles.